The number of carbonyl (C=O) groups is 2. The van der Waals surface area contributed by atoms with Crippen molar-refractivity contribution < 1.29 is 28.5 Å². The maximum absolute atomic E-state index is 13.9. The minimum atomic E-state index is -1.09. The van der Waals surface area contributed by atoms with Crippen LogP contribution in [-0.2, 0) is 28.5 Å². The summed E-state index contributed by atoms with van der Waals surface area (Å²) in [5.74, 6) is -0.570. The quantitative estimate of drug-likeness (QED) is 0.603. The molecule has 0 amide bonds. The van der Waals surface area contributed by atoms with Crippen LogP contribution in [0.5, 0.6) is 0 Å². The van der Waals surface area contributed by atoms with E-state index in [9.17, 15) is 9.59 Å². The molecule has 5 rings (SSSR count). The molecule has 6 heteroatoms. The van der Waals surface area contributed by atoms with Crippen LogP contribution in [0.4, 0.5) is 0 Å². The van der Waals surface area contributed by atoms with Gasteiger partial charge in [0, 0.05) is 30.5 Å². The van der Waals surface area contributed by atoms with Gasteiger partial charge in [-0.3, -0.25) is 9.59 Å². The molecular formula is C28H40O6. The van der Waals surface area contributed by atoms with Crippen molar-refractivity contribution in [1.82, 2.24) is 0 Å². The zero-order chi connectivity index (χ0) is 24.9. The van der Waals surface area contributed by atoms with Crippen molar-refractivity contribution in [3.05, 3.63) is 23.8 Å². The number of hydrogen-bond acceptors (Lipinski definition) is 6. The van der Waals surface area contributed by atoms with E-state index >= 15 is 0 Å². The third kappa shape index (κ3) is 2.56. The second kappa shape index (κ2) is 7.12. The van der Waals surface area contributed by atoms with E-state index in [4.69, 9.17) is 18.9 Å². The monoisotopic (exact) mass is 472 g/mol. The molecule has 0 radical (unpaired) electrons. The molecule has 3 saturated carbocycles. The molecule has 8 unspecified atom stereocenters. The molecule has 1 aliphatic heterocycles. The van der Waals surface area contributed by atoms with Crippen LogP contribution in [0.3, 0.4) is 0 Å². The first-order valence-electron chi connectivity index (χ1n) is 12.6. The standard InChI is InChI=1S/C28H40O6/c1-23(2)33-22-14-25(4)19-10-9-17-13-18(29)11-12-24(17,3)27(19,6)21(32-8)15-26(25,5)28(22,34-23)20(30)16-31-7/h11-13,19,21-22H,9-10,14-16H2,1-8H3. The second-order valence-electron chi connectivity index (χ2n) is 12.6. The molecule has 5 aliphatic rings. The third-order valence-electron chi connectivity index (χ3n) is 11.1. The Morgan fingerprint density at radius 2 is 1.82 bits per heavy atom. The SMILES string of the molecule is COCC(=O)C12OC(C)(C)OC1CC1(C)C3CCC4=CC(=O)C=CC4(C)C3(C)C(OC)CC12C. The summed E-state index contributed by atoms with van der Waals surface area (Å²) in [6.07, 6.45) is 8.44. The van der Waals surface area contributed by atoms with E-state index in [1.54, 1.807) is 20.3 Å². The van der Waals surface area contributed by atoms with Gasteiger partial charge in [-0.1, -0.05) is 39.3 Å². The molecule has 0 spiro atoms. The third-order valence-corrected chi connectivity index (χ3v) is 11.1. The number of ether oxygens (including phenoxy) is 4. The summed E-state index contributed by atoms with van der Waals surface area (Å²) < 4.78 is 24.8. The van der Waals surface area contributed by atoms with Crippen molar-refractivity contribution in [1.29, 1.82) is 0 Å². The maximum atomic E-state index is 13.9. The Bertz CT molecular complexity index is 997. The van der Waals surface area contributed by atoms with Gasteiger partial charge in [0.1, 0.15) is 6.61 Å². The zero-order valence-corrected chi connectivity index (χ0v) is 21.9. The van der Waals surface area contributed by atoms with Crippen LogP contribution in [0.1, 0.15) is 67.2 Å². The normalized spacial score (nSPS) is 50.8. The van der Waals surface area contributed by atoms with Crippen molar-refractivity contribution in [2.24, 2.45) is 27.6 Å². The first-order valence-corrected chi connectivity index (χ1v) is 12.6. The van der Waals surface area contributed by atoms with Gasteiger partial charge in [0.25, 0.3) is 0 Å². The molecule has 0 N–H and O–H groups in total. The fourth-order valence-corrected chi connectivity index (χ4v) is 9.28. The van der Waals surface area contributed by atoms with E-state index in [0.29, 0.717) is 6.42 Å². The molecular weight excluding hydrogens is 432 g/mol. The highest BCUT2D eigenvalue weighted by atomic mass is 16.8. The molecule has 0 bridgehead atoms. The first-order chi connectivity index (χ1) is 15.8. The van der Waals surface area contributed by atoms with E-state index in [0.717, 1.165) is 19.3 Å². The molecule has 34 heavy (non-hydrogen) atoms. The Hall–Kier alpha value is -1.34. The van der Waals surface area contributed by atoms with Crippen LogP contribution in [0.25, 0.3) is 0 Å². The summed E-state index contributed by atoms with van der Waals surface area (Å²) in [6, 6.07) is 0. The van der Waals surface area contributed by atoms with Gasteiger partial charge in [0.05, 0.1) is 12.2 Å². The first kappa shape index (κ1) is 24.4. The molecule has 0 aromatic rings. The molecule has 8 atom stereocenters. The van der Waals surface area contributed by atoms with Crippen molar-refractivity contribution in [2.75, 3.05) is 20.8 Å². The number of allylic oxidation sites excluding steroid dienone is 4. The van der Waals surface area contributed by atoms with Gasteiger partial charge in [-0.05, 0) is 63.0 Å². The smallest absolute Gasteiger partial charge is 0.193 e. The lowest BCUT2D eigenvalue weighted by molar-refractivity contribution is -0.269. The fraction of sp³-hybridized carbons (Fsp3) is 0.786. The van der Waals surface area contributed by atoms with Crippen LogP contribution in [0.2, 0.25) is 0 Å². The van der Waals surface area contributed by atoms with Gasteiger partial charge < -0.3 is 18.9 Å². The molecule has 1 heterocycles. The number of hydrogen-bond donors (Lipinski definition) is 0. The van der Waals surface area contributed by atoms with Crippen molar-refractivity contribution in [2.45, 2.75) is 90.8 Å². The maximum Gasteiger partial charge on any atom is 0.193 e. The average Bonchev–Trinajstić information content (AvgIpc) is 3.12. The van der Waals surface area contributed by atoms with Gasteiger partial charge in [-0.2, -0.15) is 0 Å². The zero-order valence-electron chi connectivity index (χ0n) is 21.9. The number of rotatable bonds is 4. The average molecular weight is 473 g/mol. The van der Waals surface area contributed by atoms with Crippen LogP contribution in [0.15, 0.2) is 23.8 Å². The molecule has 6 nitrogen and oxygen atoms in total. The van der Waals surface area contributed by atoms with E-state index in [1.807, 2.05) is 19.9 Å². The van der Waals surface area contributed by atoms with Crippen LogP contribution < -0.4 is 0 Å². The van der Waals surface area contributed by atoms with Crippen LogP contribution in [-0.4, -0.2) is 56.0 Å². The van der Waals surface area contributed by atoms with E-state index in [-0.39, 0.29) is 52.5 Å². The Kier molecular flexibility index (Phi) is 5.10. The summed E-state index contributed by atoms with van der Waals surface area (Å²) in [4.78, 5) is 26.1. The topological polar surface area (TPSA) is 71.1 Å². The summed E-state index contributed by atoms with van der Waals surface area (Å²) in [5.41, 5.74) is -1.18. The highest BCUT2D eigenvalue weighted by molar-refractivity contribution is 6.01. The van der Waals surface area contributed by atoms with Crippen LogP contribution >= 0.6 is 0 Å². The summed E-state index contributed by atoms with van der Waals surface area (Å²) in [6.45, 7) is 13.0. The predicted octanol–water partition coefficient (Wildman–Crippen LogP) is 4.42. The minimum absolute atomic E-state index is 0.00333. The minimum Gasteiger partial charge on any atom is -0.381 e. The van der Waals surface area contributed by atoms with Crippen LogP contribution in [0, 0.1) is 27.6 Å². The molecule has 188 valence electrons. The predicted molar refractivity (Wildman–Crippen MR) is 127 cm³/mol. The van der Waals surface area contributed by atoms with E-state index in [1.165, 1.54) is 5.57 Å². The lowest BCUT2D eigenvalue weighted by Gasteiger charge is -2.69. The molecule has 1 saturated heterocycles. The summed E-state index contributed by atoms with van der Waals surface area (Å²) >= 11 is 0. The Balaban J connectivity index is 1.70. The largest absolute Gasteiger partial charge is 0.381 e. The van der Waals surface area contributed by atoms with Gasteiger partial charge in [-0.25, -0.2) is 0 Å². The molecule has 0 aromatic carbocycles. The van der Waals surface area contributed by atoms with Gasteiger partial charge in [0.15, 0.2) is 23.0 Å². The number of Topliss-reactive ketones (excluding diaryl/α,β-unsaturated/α-hetero) is 1. The van der Waals surface area contributed by atoms with Gasteiger partial charge in [-0.15, -0.1) is 0 Å². The summed E-state index contributed by atoms with van der Waals surface area (Å²) in [5, 5.41) is 0. The van der Waals surface area contributed by atoms with Gasteiger partial charge in [0.2, 0.25) is 0 Å². The van der Waals surface area contributed by atoms with E-state index < -0.39 is 16.8 Å². The van der Waals surface area contributed by atoms with E-state index in [2.05, 4.69) is 33.8 Å². The number of methoxy groups -OCH3 is 2. The second-order valence-corrected chi connectivity index (χ2v) is 12.6. The Morgan fingerprint density at radius 3 is 2.47 bits per heavy atom. The Morgan fingerprint density at radius 1 is 1.12 bits per heavy atom. The molecule has 4 aliphatic carbocycles. The number of carbonyl (C=O) groups excluding carboxylic acids is 2. The van der Waals surface area contributed by atoms with Crippen molar-refractivity contribution in [3.63, 3.8) is 0 Å². The fourth-order valence-electron chi connectivity index (χ4n) is 9.28. The number of ketones is 2. The van der Waals surface area contributed by atoms with Crippen molar-refractivity contribution in [3.8, 4) is 0 Å². The lowest BCUT2D eigenvalue weighted by Crippen LogP contribution is -2.70. The number of fused-ring (bicyclic) bond motifs is 7. The summed E-state index contributed by atoms with van der Waals surface area (Å²) in [7, 11) is 3.34. The molecule has 4 fully saturated rings. The highest BCUT2D eigenvalue weighted by Gasteiger charge is 2.82. The van der Waals surface area contributed by atoms with Crippen molar-refractivity contribution >= 4 is 11.6 Å². The van der Waals surface area contributed by atoms with Gasteiger partial charge >= 0.3 is 0 Å². The Labute approximate surface area is 203 Å². The lowest BCUT2D eigenvalue weighted by atomic mass is 9.35. The molecule has 0 aromatic heterocycles. The highest BCUT2D eigenvalue weighted by Crippen LogP contribution is 2.78.